The number of rotatable bonds is 3. The molecule has 2 aliphatic rings. The molecule has 1 heterocycles. The second-order valence-corrected chi connectivity index (χ2v) is 7.81. The topological polar surface area (TPSA) is 3.24 Å². The lowest BCUT2D eigenvalue weighted by Crippen LogP contribution is -2.48. The van der Waals surface area contributed by atoms with Gasteiger partial charge in [0.05, 0.1) is 0 Å². The molecule has 1 saturated heterocycles. The Kier molecular flexibility index (Phi) is 19.1. The van der Waals surface area contributed by atoms with E-state index >= 15 is 0 Å². The molecule has 0 N–H and O–H groups in total. The van der Waals surface area contributed by atoms with Crippen LogP contribution in [0.15, 0.2) is 36.0 Å². The molecule has 0 aromatic rings. The van der Waals surface area contributed by atoms with Gasteiger partial charge in [-0.2, -0.15) is 0 Å². The van der Waals surface area contributed by atoms with Crippen molar-refractivity contribution < 1.29 is 0 Å². The first kappa shape index (κ1) is 29.4. The lowest BCUT2D eigenvalue weighted by atomic mass is 9.84. The molecule has 0 bridgehead atoms. The maximum atomic E-state index is 2.84. The molecule has 3 unspecified atom stereocenters. The smallest absolute Gasteiger partial charge is 0.0459 e. The predicted octanol–water partition coefficient (Wildman–Crippen LogP) is 8.82. The molecule has 1 nitrogen and oxygen atoms in total. The third-order valence-electron chi connectivity index (χ3n) is 5.89. The Hall–Kier alpha value is -0.820. The Morgan fingerprint density at radius 1 is 0.786 bits per heavy atom. The van der Waals surface area contributed by atoms with Gasteiger partial charge in [0, 0.05) is 5.54 Å². The van der Waals surface area contributed by atoms with Gasteiger partial charge in [0.15, 0.2) is 0 Å². The number of hydrogen-bond acceptors (Lipinski definition) is 1. The lowest BCUT2D eigenvalue weighted by Gasteiger charge is -2.43. The Balaban J connectivity index is 0. The highest BCUT2D eigenvalue weighted by atomic mass is 15.2. The molecule has 1 heteroatoms. The van der Waals surface area contributed by atoms with Gasteiger partial charge in [0.2, 0.25) is 0 Å². The fraction of sp³-hybridized carbons (Fsp3) is 0.778. The van der Waals surface area contributed by atoms with E-state index in [-0.39, 0.29) is 0 Å². The van der Waals surface area contributed by atoms with Crippen molar-refractivity contribution in [3.63, 3.8) is 0 Å². The monoisotopic (exact) mass is 391 g/mol. The first-order valence-corrected chi connectivity index (χ1v) is 12.2. The number of nitrogens with zero attached hydrogens (tertiary/aromatic N) is 1. The molecule has 0 spiro atoms. The Morgan fingerprint density at radius 3 is 1.82 bits per heavy atom. The average molecular weight is 392 g/mol. The van der Waals surface area contributed by atoms with Gasteiger partial charge < -0.3 is 0 Å². The van der Waals surface area contributed by atoms with Crippen molar-refractivity contribution in [3.8, 4) is 0 Å². The fourth-order valence-corrected chi connectivity index (χ4v) is 4.39. The maximum Gasteiger partial charge on any atom is 0.0459 e. The van der Waals surface area contributed by atoms with Crippen LogP contribution in [0.25, 0.3) is 0 Å². The van der Waals surface area contributed by atoms with Crippen LogP contribution < -0.4 is 0 Å². The molecule has 0 aromatic heterocycles. The van der Waals surface area contributed by atoms with Gasteiger partial charge in [-0.15, -0.1) is 0 Å². The Morgan fingerprint density at radius 2 is 1.39 bits per heavy atom. The summed E-state index contributed by atoms with van der Waals surface area (Å²) < 4.78 is 0. The molecule has 28 heavy (non-hydrogen) atoms. The molecule has 0 aromatic carbocycles. The summed E-state index contributed by atoms with van der Waals surface area (Å²) in [5.41, 5.74) is 1.91. The summed E-state index contributed by atoms with van der Waals surface area (Å²) in [6.45, 7) is 23.8. The Labute approximate surface area is 179 Å². The SMILES string of the molecule is C/C=C\C.C/C=C\C(=C/C)C1(N2CCCC(C)CC2)CCC(C)C1.CC.CC. The zero-order chi connectivity index (χ0) is 22.0. The summed E-state index contributed by atoms with van der Waals surface area (Å²) in [7, 11) is 0. The standard InChI is InChI=1S/C19H33N.C4H8.2C2H6/c1-5-8-18(6-2)19(12-10-17(4)15-19)20-13-7-9-16(3)11-14-20;1-3-4-2;2*1-2/h5-6,8,16-17H,7,9-15H2,1-4H3;3-4H,1-2H3;2*1-2H3/b8-5-,18-6+;4-3-;;. The molecule has 166 valence electrons. The van der Waals surface area contributed by atoms with Crippen molar-refractivity contribution in [2.75, 3.05) is 13.1 Å². The number of hydrogen-bond donors (Lipinski definition) is 0. The second kappa shape index (κ2) is 18.2. The van der Waals surface area contributed by atoms with E-state index in [1.807, 2.05) is 53.7 Å². The third kappa shape index (κ3) is 9.59. The maximum absolute atomic E-state index is 2.84. The minimum Gasteiger partial charge on any atom is -0.294 e. The van der Waals surface area contributed by atoms with E-state index in [1.165, 1.54) is 51.6 Å². The third-order valence-corrected chi connectivity index (χ3v) is 5.89. The minimum absolute atomic E-state index is 0.338. The van der Waals surface area contributed by atoms with E-state index in [4.69, 9.17) is 0 Å². The van der Waals surface area contributed by atoms with Gasteiger partial charge in [0.1, 0.15) is 0 Å². The number of likely N-dealkylation sites (tertiary alicyclic amines) is 1. The summed E-state index contributed by atoms with van der Waals surface area (Å²) >= 11 is 0. The van der Waals surface area contributed by atoms with E-state index < -0.39 is 0 Å². The van der Waals surface area contributed by atoms with Gasteiger partial charge in [-0.1, -0.05) is 71.9 Å². The number of allylic oxidation sites excluding steroid dienone is 4. The highest BCUT2D eigenvalue weighted by Gasteiger charge is 2.44. The lowest BCUT2D eigenvalue weighted by molar-refractivity contribution is 0.127. The molecule has 0 amide bonds. The van der Waals surface area contributed by atoms with Gasteiger partial charge in [-0.3, -0.25) is 4.90 Å². The highest BCUT2D eigenvalue weighted by Crippen LogP contribution is 2.45. The van der Waals surface area contributed by atoms with Crippen molar-refractivity contribution >= 4 is 0 Å². The average Bonchev–Trinajstić information content (AvgIpc) is 3.00. The van der Waals surface area contributed by atoms with Crippen LogP contribution in [0.5, 0.6) is 0 Å². The van der Waals surface area contributed by atoms with E-state index in [9.17, 15) is 0 Å². The molecule has 2 rings (SSSR count). The molecule has 1 aliphatic carbocycles. The molecule has 1 saturated carbocycles. The van der Waals surface area contributed by atoms with Crippen LogP contribution >= 0.6 is 0 Å². The molecule has 2 fully saturated rings. The molecular weight excluding hydrogens is 338 g/mol. The summed E-state index contributed by atoms with van der Waals surface area (Å²) in [5, 5.41) is 0. The molecule has 0 radical (unpaired) electrons. The van der Waals surface area contributed by atoms with Crippen LogP contribution in [-0.2, 0) is 0 Å². The molecule has 3 atom stereocenters. The zero-order valence-electron chi connectivity index (χ0n) is 21.1. The van der Waals surface area contributed by atoms with Crippen LogP contribution in [0.2, 0.25) is 0 Å². The quantitative estimate of drug-likeness (QED) is 0.343. The van der Waals surface area contributed by atoms with Gasteiger partial charge in [0.25, 0.3) is 0 Å². The fourth-order valence-electron chi connectivity index (χ4n) is 4.39. The van der Waals surface area contributed by atoms with Crippen LogP contribution in [0.4, 0.5) is 0 Å². The summed E-state index contributed by atoms with van der Waals surface area (Å²) in [6.07, 6.45) is 19.2. The summed E-state index contributed by atoms with van der Waals surface area (Å²) in [5.74, 6) is 1.78. The van der Waals surface area contributed by atoms with Crippen molar-refractivity contribution in [3.05, 3.63) is 36.0 Å². The van der Waals surface area contributed by atoms with Crippen molar-refractivity contribution in [2.45, 2.75) is 113 Å². The van der Waals surface area contributed by atoms with Gasteiger partial charge in [-0.05, 0) is 96.7 Å². The van der Waals surface area contributed by atoms with Crippen LogP contribution in [0.1, 0.15) is 108 Å². The molecule has 1 aliphatic heterocycles. The minimum atomic E-state index is 0.338. The van der Waals surface area contributed by atoms with Crippen molar-refractivity contribution in [1.82, 2.24) is 4.90 Å². The Bertz CT molecular complexity index is 428. The van der Waals surface area contributed by atoms with Crippen molar-refractivity contribution in [2.24, 2.45) is 11.8 Å². The van der Waals surface area contributed by atoms with Gasteiger partial charge in [-0.25, -0.2) is 0 Å². The predicted molar refractivity (Wildman–Crippen MR) is 132 cm³/mol. The van der Waals surface area contributed by atoms with E-state index in [0.29, 0.717) is 5.54 Å². The molecular formula is C27H53N. The van der Waals surface area contributed by atoms with Gasteiger partial charge >= 0.3 is 0 Å². The van der Waals surface area contributed by atoms with Crippen molar-refractivity contribution in [1.29, 1.82) is 0 Å². The van der Waals surface area contributed by atoms with Crippen LogP contribution in [0.3, 0.4) is 0 Å². The summed E-state index contributed by atoms with van der Waals surface area (Å²) in [6, 6.07) is 0. The highest BCUT2D eigenvalue weighted by molar-refractivity contribution is 5.33. The summed E-state index contributed by atoms with van der Waals surface area (Å²) in [4.78, 5) is 2.84. The van der Waals surface area contributed by atoms with Crippen LogP contribution in [0, 0.1) is 11.8 Å². The zero-order valence-corrected chi connectivity index (χ0v) is 21.1. The normalized spacial score (nSPS) is 28.6. The first-order chi connectivity index (χ1) is 13.5. The van der Waals surface area contributed by atoms with Crippen LogP contribution in [-0.4, -0.2) is 23.5 Å². The van der Waals surface area contributed by atoms with E-state index in [0.717, 1.165) is 11.8 Å². The second-order valence-electron chi connectivity index (χ2n) is 7.81. The van der Waals surface area contributed by atoms with E-state index in [1.54, 1.807) is 5.57 Å². The van der Waals surface area contributed by atoms with E-state index in [2.05, 4.69) is 50.8 Å². The largest absolute Gasteiger partial charge is 0.294 e. The first-order valence-electron chi connectivity index (χ1n) is 12.2.